The van der Waals surface area contributed by atoms with E-state index in [0.717, 1.165) is 6.07 Å². The van der Waals surface area contributed by atoms with Gasteiger partial charge in [0, 0.05) is 0 Å². The third-order valence-corrected chi connectivity index (χ3v) is 2.66. The Balaban J connectivity index is 4.02. The Morgan fingerprint density at radius 2 is 1.25 bits per heavy atom. The van der Waals surface area contributed by atoms with Gasteiger partial charge in [0.25, 0.3) is 0 Å². The summed E-state index contributed by atoms with van der Waals surface area (Å²) in [5, 5.41) is 36.1. The van der Waals surface area contributed by atoms with E-state index in [-0.39, 0.29) is 12.0 Å². The Morgan fingerprint density at radius 3 is 1.55 bits per heavy atom. The van der Waals surface area contributed by atoms with E-state index >= 15 is 0 Å². The van der Waals surface area contributed by atoms with E-state index < -0.39 is 46.1 Å². The quantitative estimate of drug-likeness (QED) is 0.625. The van der Waals surface area contributed by atoms with Crippen LogP contribution in [0.3, 0.4) is 0 Å². The van der Waals surface area contributed by atoms with Crippen molar-refractivity contribution in [2.24, 2.45) is 0 Å². The molecule has 8 heteroatoms. The second-order valence-corrected chi connectivity index (χ2v) is 3.78. The summed E-state index contributed by atoms with van der Waals surface area (Å²) in [5.41, 5.74) is -3.59. The maximum atomic E-state index is 11.2. The van der Waals surface area contributed by atoms with Crippen LogP contribution < -0.4 is 0 Å². The van der Waals surface area contributed by atoms with Crippen molar-refractivity contribution in [3.8, 4) is 0 Å². The van der Waals surface area contributed by atoms with E-state index in [0.29, 0.717) is 0 Å². The number of aromatic carboxylic acids is 4. The molecule has 4 N–H and O–H groups in total. The minimum Gasteiger partial charge on any atom is -0.478 e. The molecule has 0 aromatic heterocycles. The van der Waals surface area contributed by atoms with E-state index in [4.69, 9.17) is 20.4 Å². The van der Waals surface area contributed by atoms with E-state index in [1.165, 1.54) is 6.92 Å². The summed E-state index contributed by atoms with van der Waals surface area (Å²) in [6.45, 7) is 1.50. The van der Waals surface area contributed by atoms with Gasteiger partial charge in [0.05, 0.1) is 22.3 Å². The van der Waals surface area contributed by atoms with Crippen LogP contribution in [0.4, 0.5) is 0 Å². The lowest BCUT2D eigenvalue weighted by atomic mass is 9.90. The Kier molecular flexibility index (Phi) is 4.08. The van der Waals surface area contributed by atoms with Crippen LogP contribution in [0.5, 0.6) is 0 Å². The summed E-state index contributed by atoms with van der Waals surface area (Å²) < 4.78 is 0. The number of carbonyl (C=O) groups is 4. The number of carboxylic acid groups (broad SMARTS) is 4. The van der Waals surface area contributed by atoms with Gasteiger partial charge < -0.3 is 20.4 Å². The average Bonchev–Trinajstić information content (AvgIpc) is 2.35. The summed E-state index contributed by atoms with van der Waals surface area (Å²) >= 11 is 0. The maximum absolute atomic E-state index is 11.2. The van der Waals surface area contributed by atoms with Crippen LogP contribution in [0, 0.1) is 0 Å². The summed E-state index contributed by atoms with van der Waals surface area (Å²) in [7, 11) is 0. The van der Waals surface area contributed by atoms with Crippen molar-refractivity contribution in [2.75, 3.05) is 0 Å². The molecule has 8 nitrogen and oxygen atoms in total. The zero-order valence-corrected chi connectivity index (χ0v) is 10.2. The summed E-state index contributed by atoms with van der Waals surface area (Å²) in [5.74, 6) is -6.89. The fourth-order valence-electron chi connectivity index (χ4n) is 1.87. The highest BCUT2D eigenvalue weighted by Crippen LogP contribution is 2.25. The molecular formula is C12H10O8. The van der Waals surface area contributed by atoms with Crippen molar-refractivity contribution in [1.29, 1.82) is 0 Å². The van der Waals surface area contributed by atoms with E-state index in [9.17, 15) is 19.2 Å². The summed E-state index contributed by atoms with van der Waals surface area (Å²) in [6.07, 6.45) is 0.0437. The zero-order chi connectivity index (χ0) is 15.6. The number of benzene rings is 1. The number of hydrogen-bond acceptors (Lipinski definition) is 4. The molecule has 0 unspecified atom stereocenters. The molecule has 0 spiro atoms. The Labute approximate surface area is 111 Å². The van der Waals surface area contributed by atoms with Crippen LogP contribution in [0.15, 0.2) is 6.07 Å². The Hall–Kier alpha value is -2.90. The first kappa shape index (κ1) is 15.2. The smallest absolute Gasteiger partial charge is 0.337 e. The van der Waals surface area contributed by atoms with Gasteiger partial charge >= 0.3 is 23.9 Å². The molecule has 0 bridgehead atoms. The molecule has 1 aromatic rings. The SMILES string of the molecule is CCc1cc(C(=O)O)c(C(=O)O)c(C(=O)O)c1C(=O)O. The highest BCUT2D eigenvalue weighted by molar-refractivity contribution is 6.14. The molecule has 0 atom stereocenters. The normalized spacial score (nSPS) is 10.1. The second kappa shape index (κ2) is 5.39. The van der Waals surface area contributed by atoms with Gasteiger partial charge in [0.2, 0.25) is 0 Å². The van der Waals surface area contributed by atoms with Gasteiger partial charge in [-0.15, -0.1) is 0 Å². The lowest BCUT2D eigenvalue weighted by Crippen LogP contribution is -2.21. The Bertz CT molecular complexity index is 629. The summed E-state index contributed by atoms with van der Waals surface area (Å²) in [6, 6.07) is 0.877. The van der Waals surface area contributed by atoms with Crippen LogP contribution in [-0.2, 0) is 6.42 Å². The Morgan fingerprint density at radius 1 is 0.800 bits per heavy atom. The molecule has 0 aliphatic heterocycles. The first-order valence-electron chi connectivity index (χ1n) is 5.35. The minimum atomic E-state index is -1.81. The third-order valence-electron chi connectivity index (χ3n) is 2.66. The van der Waals surface area contributed by atoms with E-state index in [2.05, 4.69) is 0 Å². The fraction of sp³-hybridized carbons (Fsp3) is 0.167. The van der Waals surface area contributed by atoms with Crippen molar-refractivity contribution < 1.29 is 39.6 Å². The van der Waals surface area contributed by atoms with Crippen molar-refractivity contribution in [2.45, 2.75) is 13.3 Å². The minimum absolute atomic E-state index is 0.0437. The fourth-order valence-corrected chi connectivity index (χ4v) is 1.87. The van der Waals surface area contributed by atoms with Crippen LogP contribution in [0.25, 0.3) is 0 Å². The third kappa shape index (κ3) is 2.44. The van der Waals surface area contributed by atoms with Gasteiger partial charge in [-0.1, -0.05) is 6.92 Å². The lowest BCUT2D eigenvalue weighted by molar-refractivity contribution is 0.0618. The second-order valence-electron chi connectivity index (χ2n) is 3.78. The first-order chi connectivity index (χ1) is 9.22. The highest BCUT2D eigenvalue weighted by Gasteiger charge is 2.31. The molecule has 0 fully saturated rings. The van der Waals surface area contributed by atoms with Crippen LogP contribution in [-0.4, -0.2) is 44.3 Å². The molecule has 106 valence electrons. The van der Waals surface area contributed by atoms with Crippen LogP contribution >= 0.6 is 0 Å². The number of aryl methyl sites for hydroxylation is 1. The molecular weight excluding hydrogens is 272 g/mol. The predicted octanol–water partition coefficient (Wildman–Crippen LogP) is 1.04. The number of rotatable bonds is 5. The number of carboxylic acids is 4. The monoisotopic (exact) mass is 282 g/mol. The molecule has 0 aliphatic carbocycles. The summed E-state index contributed by atoms with van der Waals surface area (Å²) in [4.78, 5) is 44.5. The van der Waals surface area contributed by atoms with Crippen molar-refractivity contribution in [3.05, 3.63) is 33.9 Å². The van der Waals surface area contributed by atoms with Crippen LogP contribution in [0.1, 0.15) is 53.9 Å². The number of hydrogen-bond donors (Lipinski definition) is 4. The van der Waals surface area contributed by atoms with Crippen molar-refractivity contribution in [1.82, 2.24) is 0 Å². The van der Waals surface area contributed by atoms with Gasteiger partial charge in [-0.05, 0) is 18.1 Å². The topological polar surface area (TPSA) is 149 Å². The molecule has 1 aromatic carbocycles. The molecule has 0 amide bonds. The molecule has 0 radical (unpaired) electrons. The van der Waals surface area contributed by atoms with Gasteiger partial charge in [0.1, 0.15) is 0 Å². The standard InChI is InChI=1S/C12H10O8/c1-2-4-3-5(9(13)14)7(11(17)18)8(12(19)20)6(4)10(15)16/h3H,2H2,1H3,(H,13,14)(H,15,16)(H,17,18)(H,19,20). The molecule has 0 saturated heterocycles. The largest absolute Gasteiger partial charge is 0.478 e. The van der Waals surface area contributed by atoms with Gasteiger partial charge in [0.15, 0.2) is 0 Å². The molecule has 20 heavy (non-hydrogen) atoms. The van der Waals surface area contributed by atoms with Gasteiger partial charge in [-0.3, -0.25) is 0 Å². The van der Waals surface area contributed by atoms with Crippen molar-refractivity contribution in [3.63, 3.8) is 0 Å². The molecule has 1 rings (SSSR count). The zero-order valence-electron chi connectivity index (χ0n) is 10.2. The predicted molar refractivity (Wildman–Crippen MR) is 63.7 cm³/mol. The van der Waals surface area contributed by atoms with E-state index in [1.54, 1.807) is 0 Å². The van der Waals surface area contributed by atoms with E-state index in [1.807, 2.05) is 0 Å². The average molecular weight is 282 g/mol. The van der Waals surface area contributed by atoms with Gasteiger partial charge in [-0.2, -0.15) is 0 Å². The molecule has 0 aliphatic rings. The van der Waals surface area contributed by atoms with Crippen LogP contribution in [0.2, 0.25) is 0 Å². The molecule has 0 heterocycles. The maximum Gasteiger partial charge on any atom is 0.337 e. The van der Waals surface area contributed by atoms with Gasteiger partial charge in [-0.25, -0.2) is 19.2 Å². The first-order valence-corrected chi connectivity index (χ1v) is 5.35. The van der Waals surface area contributed by atoms with Crippen molar-refractivity contribution >= 4 is 23.9 Å². The highest BCUT2D eigenvalue weighted by atomic mass is 16.4. The molecule has 0 saturated carbocycles. The lowest BCUT2D eigenvalue weighted by Gasteiger charge is -2.13.